The summed E-state index contributed by atoms with van der Waals surface area (Å²) in [4.78, 5) is 0.851. The molecule has 18 heavy (non-hydrogen) atoms. The van der Waals surface area contributed by atoms with E-state index in [-0.39, 0.29) is 12.1 Å². The van der Waals surface area contributed by atoms with E-state index >= 15 is 0 Å². The zero-order valence-electron chi connectivity index (χ0n) is 10.6. The molecule has 2 N–H and O–H groups in total. The van der Waals surface area contributed by atoms with Gasteiger partial charge < -0.3 is 5.73 Å². The van der Waals surface area contributed by atoms with Crippen molar-refractivity contribution in [2.45, 2.75) is 37.9 Å². The largest absolute Gasteiger partial charge is 0.416 e. The third-order valence-electron chi connectivity index (χ3n) is 2.83. The zero-order chi connectivity index (χ0) is 13.8. The summed E-state index contributed by atoms with van der Waals surface area (Å²) in [5.74, 6) is 1.46. The first kappa shape index (κ1) is 15.4. The number of thioether (sulfide) groups is 1. The summed E-state index contributed by atoms with van der Waals surface area (Å²) in [6.45, 7) is 4.14. The molecule has 5 heteroatoms. The molecule has 0 heterocycles. The van der Waals surface area contributed by atoms with Crippen LogP contribution in [0, 0.1) is 5.92 Å². The Hall–Kier alpha value is -0.680. The van der Waals surface area contributed by atoms with Crippen molar-refractivity contribution >= 4 is 11.8 Å². The molecule has 0 spiro atoms. The number of rotatable bonds is 5. The predicted octanol–water partition coefficient (Wildman–Crippen LogP) is 4.30. The normalized spacial score (nSPS) is 13.7. The van der Waals surface area contributed by atoms with Crippen LogP contribution < -0.4 is 5.73 Å². The summed E-state index contributed by atoms with van der Waals surface area (Å²) in [5, 5.41) is 0. The summed E-state index contributed by atoms with van der Waals surface area (Å²) in [6.07, 6.45) is -3.26. The van der Waals surface area contributed by atoms with E-state index in [1.165, 1.54) is 6.07 Å². The van der Waals surface area contributed by atoms with Gasteiger partial charge in [0.05, 0.1) is 5.56 Å². The number of benzene rings is 1. The first-order valence-corrected chi connectivity index (χ1v) is 6.90. The molecular formula is C13H18F3NS. The smallest absolute Gasteiger partial charge is 0.326 e. The lowest BCUT2D eigenvalue weighted by atomic mass is 10.1. The SMILES string of the molecule is CCC(C)CSc1ccc(C(F)(F)F)c(CN)c1. The molecule has 1 aromatic rings. The standard InChI is InChI=1S/C13H18F3NS/c1-3-9(2)8-18-11-4-5-12(13(14,15)16)10(6-11)7-17/h4-6,9H,3,7-8,17H2,1-2H3. The minimum atomic E-state index is -4.32. The summed E-state index contributed by atoms with van der Waals surface area (Å²) < 4.78 is 38.0. The molecule has 0 fully saturated rings. The van der Waals surface area contributed by atoms with Crippen molar-refractivity contribution in [2.75, 3.05) is 5.75 Å². The van der Waals surface area contributed by atoms with Gasteiger partial charge in [-0.3, -0.25) is 0 Å². The lowest BCUT2D eigenvalue weighted by molar-refractivity contribution is -0.138. The third-order valence-corrected chi connectivity index (χ3v) is 4.16. The maximum absolute atomic E-state index is 12.7. The fraction of sp³-hybridized carbons (Fsp3) is 0.538. The van der Waals surface area contributed by atoms with Crippen molar-refractivity contribution in [1.29, 1.82) is 0 Å². The Morgan fingerprint density at radius 2 is 2.00 bits per heavy atom. The zero-order valence-corrected chi connectivity index (χ0v) is 11.4. The van der Waals surface area contributed by atoms with Crippen LogP contribution in [-0.2, 0) is 12.7 Å². The van der Waals surface area contributed by atoms with Crippen molar-refractivity contribution < 1.29 is 13.2 Å². The number of hydrogen-bond donors (Lipinski definition) is 1. The molecule has 1 rings (SSSR count). The molecule has 0 radical (unpaired) electrons. The Kier molecular flexibility index (Phi) is 5.53. The van der Waals surface area contributed by atoms with E-state index in [1.54, 1.807) is 17.8 Å². The molecule has 1 atom stereocenters. The summed E-state index contributed by atoms with van der Waals surface area (Å²) in [7, 11) is 0. The first-order valence-electron chi connectivity index (χ1n) is 5.91. The van der Waals surface area contributed by atoms with E-state index in [4.69, 9.17) is 5.73 Å². The minimum absolute atomic E-state index is 0.0907. The molecule has 0 aromatic heterocycles. The van der Waals surface area contributed by atoms with Crippen LogP contribution >= 0.6 is 11.8 Å². The van der Waals surface area contributed by atoms with Crippen molar-refractivity contribution in [3.8, 4) is 0 Å². The van der Waals surface area contributed by atoms with Crippen LogP contribution in [0.5, 0.6) is 0 Å². The van der Waals surface area contributed by atoms with Crippen molar-refractivity contribution in [2.24, 2.45) is 11.7 Å². The number of nitrogens with two attached hydrogens (primary N) is 1. The fourth-order valence-electron chi connectivity index (χ4n) is 1.46. The Balaban J connectivity index is 2.86. The van der Waals surface area contributed by atoms with Gasteiger partial charge in [-0.2, -0.15) is 13.2 Å². The van der Waals surface area contributed by atoms with Crippen LogP contribution in [0.3, 0.4) is 0 Å². The number of alkyl halides is 3. The molecule has 0 aliphatic heterocycles. The summed E-state index contributed by atoms with van der Waals surface area (Å²) in [5.41, 5.74) is 4.93. The lowest BCUT2D eigenvalue weighted by Gasteiger charge is -2.14. The van der Waals surface area contributed by atoms with Gasteiger partial charge in [0, 0.05) is 17.2 Å². The molecule has 1 unspecified atom stereocenters. The molecule has 0 aliphatic carbocycles. The predicted molar refractivity (Wildman–Crippen MR) is 69.5 cm³/mol. The van der Waals surface area contributed by atoms with Crippen molar-refractivity contribution in [3.05, 3.63) is 29.3 Å². The first-order chi connectivity index (χ1) is 8.38. The molecule has 0 aliphatic rings. The highest BCUT2D eigenvalue weighted by Gasteiger charge is 2.32. The molecule has 0 bridgehead atoms. The quantitative estimate of drug-likeness (QED) is 0.812. The molecule has 102 valence electrons. The second-order valence-corrected chi connectivity index (χ2v) is 5.44. The summed E-state index contributed by atoms with van der Waals surface area (Å²) >= 11 is 1.58. The molecule has 0 saturated heterocycles. The highest BCUT2D eigenvalue weighted by atomic mass is 32.2. The topological polar surface area (TPSA) is 26.0 Å². The van der Waals surface area contributed by atoms with Gasteiger partial charge in [-0.05, 0) is 29.7 Å². The van der Waals surface area contributed by atoms with Crippen LogP contribution in [0.4, 0.5) is 13.2 Å². The van der Waals surface area contributed by atoms with Crippen LogP contribution in [0.2, 0.25) is 0 Å². The molecular weight excluding hydrogens is 259 g/mol. The average Bonchev–Trinajstić information content (AvgIpc) is 2.34. The molecule has 1 aromatic carbocycles. The van der Waals surface area contributed by atoms with E-state index in [1.807, 2.05) is 0 Å². The van der Waals surface area contributed by atoms with E-state index < -0.39 is 11.7 Å². The Labute approximate surface area is 110 Å². The maximum atomic E-state index is 12.7. The molecule has 0 amide bonds. The third kappa shape index (κ3) is 4.21. The minimum Gasteiger partial charge on any atom is -0.326 e. The van der Waals surface area contributed by atoms with E-state index in [9.17, 15) is 13.2 Å². The average molecular weight is 277 g/mol. The highest BCUT2D eigenvalue weighted by molar-refractivity contribution is 7.99. The van der Waals surface area contributed by atoms with E-state index in [0.717, 1.165) is 23.1 Å². The van der Waals surface area contributed by atoms with Crippen LogP contribution in [-0.4, -0.2) is 5.75 Å². The Morgan fingerprint density at radius 3 is 2.50 bits per heavy atom. The molecule has 0 saturated carbocycles. The van der Waals surface area contributed by atoms with Crippen molar-refractivity contribution in [1.82, 2.24) is 0 Å². The Morgan fingerprint density at radius 1 is 1.33 bits per heavy atom. The fourth-order valence-corrected chi connectivity index (χ4v) is 2.56. The monoisotopic (exact) mass is 277 g/mol. The highest BCUT2D eigenvalue weighted by Crippen LogP contribution is 2.34. The van der Waals surface area contributed by atoms with Gasteiger partial charge in [0.2, 0.25) is 0 Å². The van der Waals surface area contributed by atoms with Gasteiger partial charge in [-0.1, -0.05) is 20.3 Å². The van der Waals surface area contributed by atoms with Gasteiger partial charge in [-0.25, -0.2) is 0 Å². The van der Waals surface area contributed by atoms with Crippen molar-refractivity contribution in [3.63, 3.8) is 0 Å². The van der Waals surface area contributed by atoms with Crippen LogP contribution in [0.25, 0.3) is 0 Å². The Bertz CT molecular complexity index is 390. The van der Waals surface area contributed by atoms with Gasteiger partial charge in [0.25, 0.3) is 0 Å². The summed E-state index contributed by atoms with van der Waals surface area (Å²) in [6, 6.07) is 4.20. The van der Waals surface area contributed by atoms with E-state index in [2.05, 4.69) is 13.8 Å². The van der Waals surface area contributed by atoms with Crippen LogP contribution in [0.15, 0.2) is 23.1 Å². The number of halogens is 3. The van der Waals surface area contributed by atoms with E-state index in [0.29, 0.717) is 5.92 Å². The van der Waals surface area contributed by atoms with Crippen LogP contribution in [0.1, 0.15) is 31.4 Å². The second kappa shape index (κ2) is 6.48. The lowest BCUT2D eigenvalue weighted by Crippen LogP contribution is -2.12. The molecule has 1 nitrogen and oxygen atoms in total. The number of hydrogen-bond acceptors (Lipinski definition) is 2. The van der Waals surface area contributed by atoms with Gasteiger partial charge in [0.15, 0.2) is 0 Å². The second-order valence-electron chi connectivity index (χ2n) is 4.35. The van der Waals surface area contributed by atoms with Gasteiger partial charge in [-0.15, -0.1) is 11.8 Å². The maximum Gasteiger partial charge on any atom is 0.416 e. The van der Waals surface area contributed by atoms with Gasteiger partial charge >= 0.3 is 6.18 Å². The van der Waals surface area contributed by atoms with Gasteiger partial charge in [0.1, 0.15) is 0 Å².